The Labute approximate surface area is 130 Å². The summed E-state index contributed by atoms with van der Waals surface area (Å²) in [5.74, 6) is -1.54. The molecule has 1 aliphatic rings. The second-order valence-corrected chi connectivity index (χ2v) is 5.60. The Kier molecular flexibility index (Phi) is 3.20. The van der Waals surface area contributed by atoms with Gasteiger partial charge in [-0.25, -0.2) is 18.7 Å². The number of nitrogens with one attached hydrogen (secondary N) is 1. The summed E-state index contributed by atoms with van der Waals surface area (Å²) < 4.78 is 26.9. The molecule has 3 aromatic rings. The Morgan fingerprint density at radius 3 is 2.74 bits per heavy atom. The van der Waals surface area contributed by atoms with Crippen molar-refractivity contribution in [3.8, 4) is 0 Å². The third-order valence-corrected chi connectivity index (χ3v) is 4.17. The van der Waals surface area contributed by atoms with E-state index >= 15 is 0 Å². The molecule has 2 aromatic carbocycles. The van der Waals surface area contributed by atoms with Crippen LogP contribution in [0.3, 0.4) is 0 Å². The standard InChI is InChI=1S/C17H13F2N3O/c18-12-6-11-14(7-13(12)19)20-8-21-17(11)22-16-10-4-2-1-3-9(10)5-15(16)23/h1-4,6-8,15-16,23H,5H2,(H,20,21,22)/t15-,16+/m0/s1. The Morgan fingerprint density at radius 2 is 1.87 bits per heavy atom. The van der Waals surface area contributed by atoms with Crippen LogP contribution in [0.2, 0.25) is 0 Å². The van der Waals surface area contributed by atoms with Crippen molar-refractivity contribution in [1.82, 2.24) is 9.97 Å². The van der Waals surface area contributed by atoms with Crippen LogP contribution in [0.1, 0.15) is 17.2 Å². The van der Waals surface area contributed by atoms with E-state index in [1.807, 2.05) is 24.3 Å². The van der Waals surface area contributed by atoms with E-state index in [0.29, 0.717) is 23.1 Å². The number of nitrogens with zero attached hydrogens (tertiary/aromatic N) is 2. The summed E-state index contributed by atoms with van der Waals surface area (Å²) in [6.45, 7) is 0. The van der Waals surface area contributed by atoms with E-state index in [1.54, 1.807) is 0 Å². The molecule has 0 bridgehead atoms. The molecular weight excluding hydrogens is 300 g/mol. The summed E-state index contributed by atoms with van der Waals surface area (Å²) in [4.78, 5) is 8.09. The minimum atomic E-state index is -0.956. The number of hydrogen-bond acceptors (Lipinski definition) is 4. The minimum absolute atomic E-state index is 0.308. The van der Waals surface area contributed by atoms with Gasteiger partial charge in [-0.15, -0.1) is 0 Å². The molecular formula is C17H13F2N3O. The van der Waals surface area contributed by atoms with Gasteiger partial charge in [-0.05, 0) is 17.2 Å². The summed E-state index contributed by atoms with van der Waals surface area (Å²) in [6, 6.07) is 9.49. The van der Waals surface area contributed by atoms with Crippen molar-refractivity contribution in [2.75, 3.05) is 5.32 Å². The first kappa shape index (κ1) is 14.0. The fourth-order valence-electron chi connectivity index (χ4n) is 3.06. The van der Waals surface area contributed by atoms with Crippen LogP contribution in [0.15, 0.2) is 42.7 Å². The number of fused-ring (bicyclic) bond motifs is 2. The van der Waals surface area contributed by atoms with Gasteiger partial charge < -0.3 is 10.4 Å². The van der Waals surface area contributed by atoms with Crippen LogP contribution in [0.5, 0.6) is 0 Å². The van der Waals surface area contributed by atoms with Gasteiger partial charge in [0.05, 0.1) is 17.7 Å². The zero-order valence-corrected chi connectivity index (χ0v) is 12.0. The third kappa shape index (κ3) is 2.31. The summed E-state index contributed by atoms with van der Waals surface area (Å²) in [5, 5.41) is 13.8. The molecule has 1 aromatic heterocycles. The second kappa shape index (κ2) is 5.24. The number of aliphatic hydroxyl groups is 1. The van der Waals surface area contributed by atoms with Gasteiger partial charge in [0.15, 0.2) is 11.6 Å². The van der Waals surface area contributed by atoms with E-state index in [4.69, 9.17) is 0 Å². The molecule has 4 rings (SSSR count). The molecule has 0 spiro atoms. The van der Waals surface area contributed by atoms with Crippen molar-refractivity contribution in [3.05, 3.63) is 65.5 Å². The van der Waals surface area contributed by atoms with Crippen LogP contribution in [-0.4, -0.2) is 21.2 Å². The molecule has 23 heavy (non-hydrogen) atoms. The van der Waals surface area contributed by atoms with Crippen molar-refractivity contribution in [3.63, 3.8) is 0 Å². The molecule has 1 heterocycles. The highest BCUT2D eigenvalue weighted by molar-refractivity contribution is 5.89. The van der Waals surface area contributed by atoms with Gasteiger partial charge in [-0.3, -0.25) is 0 Å². The summed E-state index contributed by atoms with van der Waals surface area (Å²) in [7, 11) is 0. The predicted molar refractivity (Wildman–Crippen MR) is 82.0 cm³/mol. The highest BCUT2D eigenvalue weighted by atomic mass is 19.2. The average molecular weight is 313 g/mol. The van der Waals surface area contributed by atoms with Gasteiger partial charge in [0.1, 0.15) is 12.1 Å². The average Bonchev–Trinajstić information content (AvgIpc) is 2.85. The normalized spacial score (nSPS) is 19.8. The zero-order valence-electron chi connectivity index (χ0n) is 12.0. The maximum absolute atomic E-state index is 13.6. The molecule has 2 N–H and O–H groups in total. The number of aromatic nitrogens is 2. The lowest BCUT2D eigenvalue weighted by molar-refractivity contribution is 0.165. The third-order valence-electron chi connectivity index (χ3n) is 4.17. The molecule has 4 nitrogen and oxygen atoms in total. The lowest BCUT2D eigenvalue weighted by Gasteiger charge is -2.19. The first-order valence-corrected chi connectivity index (χ1v) is 7.25. The maximum atomic E-state index is 13.6. The van der Waals surface area contributed by atoms with Gasteiger partial charge in [0.2, 0.25) is 0 Å². The maximum Gasteiger partial charge on any atom is 0.161 e. The van der Waals surface area contributed by atoms with Gasteiger partial charge in [-0.1, -0.05) is 24.3 Å². The highest BCUT2D eigenvalue weighted by Crippen LogP contribution is 2.35. The van der Waals surface area contributed by atoms with Gasteiger partial charge in [-0.2, -0.15) is 0 Å². The highest BCUT2D eigenvalue weighted by Gasteiger charge is 2.31. The smallest absolute Gasteiger partial charge is 0.161 e. The summed E-state index contributed by atoms with van der Waals surface area (Å²) in [5.41, 5.74) is 2.35. The molecule has 2 atom stereocenters. The van der Waals surface area contributed by atoms with E-state index in [-0.39, 0.29) is 6.04 Å². The molecule has 0 fully saturated rings. The molecule has 6 heteroatoms. The first-order valence-electron chi connectivity index (χ1n) is 7.25. The quantitative estimate of drug-likeness (QED) is 0.763. The van der Waals surface area contributed by atoms with Crippen LogP contribution in [0.25, 0.3) is 10.9 Å². The van der Waals surface area contributed by atoms with Gasteiger partial charge >= 0.3 is 0 Å². The predicted octanol–water partition coefficient (Wildman–Crippen LogP) is 2.98. The number of benzene rings is 2. The van der Waals surface area contributed by atoms with E-state index in [9.17, 15) is 13.9 Å². The number of anilines is 1. The topological polar surface area (TPSA) is 58.0 Å². The fourth-order valence-corrected chi connectivity index (χ4v) is 3.06. The van der Waals surface area contributed by atoms with Crippen LogP contribution in [-0.2, 0) is 6.42 Å². The number of halogens is 2. The summed E-state index contributed by atoms with van der Waals surface area (Å²) in [6.07, 6.45) is 1.22. The monoisotopic (exact) mass is 313 g/mol. The fraction of sp³-hybridized carbons (Fsp3) is 0.176. The van der Waals surface area contributed by atoms with Gasteiger partial charge in [0, 0.05) is 17.9 Å². The molecule has 1 aliphatic carbocycles. The van der Waals surface area contributed by atoms with E-state index in [2.05, 4.69) is 15.3 Å². The first-order chi connectivity index (χ1) is 11.1. The van der Waals surface area contributed by atoms with Crippen LogP contribution in [0.4, 0.5) is 14.6 Å². The molecule has 0 amide bonds. The van der Waals surface area contributed by atoms with E-state index in [1.165, 1.54) is 6.33 Å². The van der Waals surface area contributed by atoms with Crippen LogP contribution < -0.4 is 5.32 Å². The number of hydrogen-bond donors (Lipinski definition) is 2. The van der Waals surface area contributed by atoms with Crippen molar-refractivity contribution in [2.24, 2.45) is 0 Å². The molecule has 0 radical (unpaired) electrons. The minimum Gasteiger partial charge on any atom is -0.390 e. The van der Waals surface area contributed by atoms with Crippen molar-refractivity contribution < 1.29 is 13.9 Å². The molecule has 0 aliphatic heterocycles. The summed E-state index contributed by atoms with van der Waals surface area (Å²) >= 11 is 0. The zero-order chi connectivity index (χ0) is 16.0. The van der Waals surface area contributed by atoms with E-state index in [0.717, 1.165) is 23.3 Å². The number of aliphatic hydroxyl groups excluding tert-OH is 1. The molecule has 0 unspecified atom stereocenters. The Morgan fingerprint density at radius 1 is 1.09 bits per heavy atom. The lowest BCUT2D eigenvalue weighted by atomic mass is 10.1. The second-order valence-electron chi connectivity index (χ2n) is 5.60. The van der Waals surface area contributed by atoms with Crippen molar-refractivity contribution in [2.45, 2.75) is 18.6 Å². The van der Waals surface area contributed by atoms with Crippen LogP contribution >= 0.6 is 0 Å². The van der Waals surface area contributed by atoms with Crippen LogP contribution in [0, 0.1) is 11.6 Å². The molecule has 0 saturated heterocycles. The Hall–Kier alpha value is -2.60. The van der Waals surface area contributed by atoms with E-state index < -0.39 is 17.7 Å². The lowest BCUT2D eigenvalue weighted by Crippen LogP contribution is -2.21. The Balaban J connectivity index is 1.78. The Bertz CT molecular complexity index is 900. The number of rotatable bonds is 2. The van der Waals surface area contributed by atoms with Crippen molar-refractivity contribution in [1.29, 1.82) is 0 Å². The SMILES string of the molecule is O[C@H]1Cc2ccccc2[C@H]1Nc1ncnc2cc(F)c(F)cc12. The van der Waals surface area contributed by atoms with Gasteiger partial charge in [0.25, 0.3) is 0 Å². The van der Waals surface area contributed by atoms with Crippen molar-refractivity contribution >= 4 is 16.7 Å². The molecule has 116 valence electrons. The molecule has 0 saturated carbocycles. The largest absolute Gasteiger partial charge is 0.390 e.